The van der Waals surface area contributed by atoms with Crippen molar-refractivity contribution < 1.29 is 19.4 Å². The minimum absolute atomic E-state index is 0.0859. The largest absolute Gasteiger partial charge is 0.480 e. The van der Waals surface area contributed by atoms with Crippen molar-refractivity contribution in [3.63, 3.8) is 0 Å². The molecule has 0 unspecified atom stereocenters. The maximum atomic E-state index is 12.4. The van der Waals surface area contributed by atoms with Crippen LogP contribution < -0.4 is 10.1 Å². The van der Waals surface area contributed by atoms with Crippen molar-refractivity contribution in [3.8, 4) is 5.88 Å². The summed E-state index contributed by atoms with van der Waals surface area (Å²) in [6.07, 6.45) is 4.68. The number of carboxylic acid groups (broad SMARTS) is 1. The highest BCUT2D eigenvalue weighted by Crippen LogP contribution is 2.29. The molecule has 1 amide bonds. The second-order valence-corrected chi connectivity index (χ2v) is 6.49. The molecule has 0 saturated heterocycles. The van der Waals surface area contributed by atoms with E-state index in [0.717, 1.165) is 19.3 Å². The summed E-state index contributed by atoms with van der Waals surface area (Å²) in [4.78, 5) is 28.0. The first-order valence-corrected chi connectivity index (χ1v) is 8.10. The number of carboxylic acids is 1. The number of aliphatic carboxylic acids is 1. The molecule has 0 bridgehead atoms. The Morgan fingerprint density at radius 3 is 2.52 bits per heavy atom. The molecule has 0 spiro atoms. The van der Waals surface area contributed by atoms with Gasteiger partial charge in [0.25, 0.3) is 5.91 Å². The van der Waals surface area contributed by atoms with Crippen molar-refractivity contribution in [3.05, 3.63) is 22.8 Å². The number of aromatic nitrogens is 1. The van der Waals surface area contributed by atoms with E-state index in [1.807, 2.05) is 13.8 Å². The second-order valence-electron chi connectivity index (χ2n) is 6.08. The third kappa shape index (κ3) is 4.13. The SMILES string of the molecule is CC(C)Oc1ncc(C(=O)NC2(C(=O)O)CCCCC2)cc1Cl. The number of hydrogen-bond acceptors (Lipinski definition) is 4. The maximum Gasteiger partial charge on any atom is 0.329 e. The molecule has 23 heavy (non-hydrogen) atoms. The average molecular weight is 341 g/mol. The summed E-state index contributed by atoms with van der Waals surface area (Å²) < 4.78 is 5.42. The van der Waals surface area contributed by atoms with E-state index >= 15 is 0 Å². The molecule has 1 heterocycles. The third-order valence-electron chi connectivity index (χ3n) is 3.89. The molecule has 7 heteroatoms. The lowest BCUT2D eigenvalue weighted by molar-refractivity contribution is -0.145. The molecule has 0 radical (unpaired) electrons. The Morgan fingerprint density at radius 2 is 2.00 bits per heavy atom. The molecule has 0 aliphatic heterocycles. The van der Waals surface area contributed by atoms with Crippen LogP contribution in [0.15, 0.2) is 12.3 Å². The highest BCUT2D eigenvalue weighted by Gasteiger charge is 2.41. The first kappa shape index (κ1) is 17.5. The first-order valence-electron chi connectivity index (χ1n) is 7.72. The topological polar surface area (TPSA) is 88.5 Å². The molecule has 0 atom stereocenters. The zero-order valence-corrected chi connectivity index (χ0v) is 14.0. The molecule has 2 N–H and O–H groups in total. The molecule has 1 aromatic rings. The number of amides is 1. The minimum Gasteiger partial charge on any atom is -0.480 e. The Hall–Kier alpha value is -1.82. The summed E-state index contributed by atoms with van der Waals surface area (Å²) in [7, 11) is 0. The molecule has 126 valence electrons. The van der Waals surface area contributed by atoms with Crippen LogP contribution in [-0.2, 0) is 4.79 Å². The van der Waals surface area contributed by atoms with Gasteiger partial charge in [-0.2, -0.15) is 0 Å². The summed E-state index contributed by atoms with van der Waals surface area (Å²) >= 11 is 6.07. The van der Waals surface area contributed by atoms with Gasteiger partial charge in [0.15, 0.2) is 0 Å². The van der Waals surface area contributed by atoms with Crippen molar-refractivity contribution >= 4 is 23.5 Å². The van der Waals surface area contributed by atoms with Crippen molar-refractivity contribution in [2.45, 2.75) is 57.6 Å². The lowest BCUT2D eigenvalue weighted by Crippen LogP contribution is -2.55. The summed E-state index contributed by atoms with van der Waals surface area (Å²) in [6, 6.07) is 1.44. The van der Waals surface area contributed by atoms with E-state index in [-0.39, 0.29) is 22.6 Å². The number of nitrogens with zero attached hydrogens (tertiary/aromatic N) is 1. The number of carbonyl (C=O) groups is 2. The van der Waals surface area contributed by atoms with E-state index in [1.54, 1.807) is 0 Å². The number of hydrogen-bond donors (Lipinski definition) is 2. The molecule has 1 aromatic heterocycles. The summed E-state index contributed by atoms with van der Waals surface area (Å²) in [5, 5.41) is 12.4. The van der Waals surface area contributed by atoms with Gasteiger partial charge in [-0.15, -0.1) is 0 Å². The fourth-order valence-electron chi connectivity index (χ4n) is 2.70. The van der Waals surface area contributed by atoms with Crippen molar-refractivity contribution in [2.75, 3.05) is 0 Å². The maximum absolute atomic E-state index is 12.4. The standard InChI is InChI=1S/C16H21ClN2O4/c1-10(2)23-14-12(17)8-11(9-18-14)13(20)19-16(15(21)22)6-4-3-5-7-16/h8-10H,3-7H2,1-2H3,(H,19,20)(H,21,22). The van der Waals surface area contributed by atoms with Gasteiger partial charge in [-0.1, -0.05) is 30.9 Å². The number of pyridine rings is 1. The predicted molar refractivity (Wildman–Crippen MR) is 85.9 cm³/mol. The minimum atomic E-state index is -1.20. The Balaban J connectivity index is 2.16. The van der Waals surface area contributed by atoms with Gasteiger partial charge in [0.1, 0.15) is 10.6 Å². The summed E-state index contributed by atoms with van der Waals surface area (Å²) in [5.41, 5.74) is -0.980. The van der Waals surface area contributed by atoms with Gasteiger partial charge in [0.05, 0.1) is 11.7 Å². The predicted octanol–water partition coefficient (Wildman–Crippen LogP) is 3.04. The highest BCUT2D eigenvalue weighted by atomic mass is 35.5. The second kappa shape index (κ2) is 7.17. The van der Waals surface area contributed by atoms with E-state index in [2.05, 4.69) is 10.3 Å². The molecular formula is C16H21ClN2O4. The van der Waals surface area contributed by atoms with Crippen LogP contribution in [0.1, 0.15) is 56.3 Å². The first-order chi connectivity index (χ1) is 10.8. The smallest absolute Gasteiger partial charge is 0.329 e. The number of nitrogens with one attached hydrogen (secondary N) is 1. The van der Waals surface area contributed by atoms with Crippen LogP contribution in [0.5, 0.6) is 5.88 Å². The van der Waals surface area contributed by atoms with Gasteiger partial charge in [0.2, 0.25) is 5.88 Å². The van der Waals surface area contributed by atoms with Crippen LogP contribution >= 0.6 is 11.6 Å². The van der Waals surface area contributed by atoms with Crippen LogP contribution in [0, 0.1) is 0 Å². The molecule has 1 fully saturated rings. The van der Waals surface area contributed by atoms with Gasteiger partial charge in [-0.3, -0.25) is 4.79 Å². The number of rotatable bonds is 5. The van der Waals surface area contributed by atoms with E-state index in [4.69, 9.17) is 16.3 Å². The molecular weight excluding hydrogens is 320 g/mol. The van der Waals surface area contributed by atoms with E-state index < -0.39 is 17.4 Å². The molecule has 6 nitrogen and oxygen atoms in total. The molecule has 0 aromatic carbocycles. The summed E-state index contributed by atoms with van der Waals surface area (Å²) in [5.74, 6) is -1.23. The Morgan fingerprint density at radius 1 is 1.35 bits per heavy atom. The lowest BCUT2D eigenvalue weighted by atomic mass is 9.81. The van der Waals surface area contributed by atoms with Gasteiger partial charge in [0, 0.05) is 6.20 Å². The van der Waals surface area contributed by atoms with Gasteiger partial charge in [-0.05, 0) is 32.8 Å². The van der Waals surface area contributed by atoms with E-state index in [0.29, 0.717) is 12.8 Å². The van der Waals surface area contributed by atoms with E-state index in [1.165, 1.54) is 12.3 Å². The number of carbonyl (C=O) groups excluding carboxylic acids is 1. The number of ether oxygens (including phenoxy) is 1. The van der Waals surface area contributed by atoms with Crippen LogP contribution in [0.4, 0.5) is 0 Å². The Labute approximate surface area is 140 Å². The van der Waals surface area contributed by atoms with Crippen LogP contribution in [0.2, 0.25) is 5.02 Å². The Bertz CT molecular complexity index is 598. The van der Waals surface area contributed by atoms with Crippen molar-refractivity contribution in [1.82, 2.24) is 10.3 Å². The summed E-state index contributed by atoms with van der Waals surface area (Å²) in [6.45, 7) is 3.69. The van der Waals surface area contributed by atoms with Gasteiger partial charge < -0.3 is 15.2 Å². The Kier molecular flexibility index (Phi) is 5.46. The van der Waals surface area contributed by atoms with Crippen LogP contribution in [0.3, 0.4) is 0 Å². The van der Waals surface area contributed by atoms with Gasteiger partial charge in [-0.25, -0.2) is 9.78 Å². The fourth-order valence-corrected chi connectivity index (χ4v) is 2.91. The number of halogens is 1. The average Bonchev–Trinajstić information content (AvgIpc) is 2.49. The van der Waals surface area contributed by atoms with E-state index in [9.17, 15) is 14.7 Å². The molecule has 1 aliphatic carbocycles. The van der Waals surface area contributed by atoms with Crippen molar-refractivity contribution in [2.24, 2.45) is 0 Å². The lowest BCUT2D eigenvalue weighted by Gasteiger charge is -2.33. The highest BCUT2D eigenvalue weighted by molar-refractivity contribution is 6.32. The zero-order chi connectivity index (χ0) is 17.0. The molecule has 1 aliphatic rings. The zero-order valence-electron chi connectivity index (χ0n) is 13.3. The van der Waals surface area contributed by atoms with Crippen molar-refractivity contribution in [1.29, 1.82) is 0 Å². The normalized spacial score (nSPS) is 16.9. The van der Waals surface area contributed by atoms with Gasteiger partial charge >= 0.3 is 5.97 Å². The fraction of sp³-hybridized carbons (Fsp3) is 0.562. The van der Waals surface area contributed by atoms with Crippen LogP contribution in [0.25, 0.3) is 0 Å². The van der Waals surface area contributed by atoms with Crippen LogP contribution in [-0.4, -0.2) is 33.6 Å². The third-order valence-corrected chi connectivity index (χ3v) is 4.16. The molecule has 1 saturated carbocycles. The monoisotopic (exact) mass is 340 g/mol. The quantitative estimate of drug-likeness (QED) is 0.860. The molecule has 2 rings (SSSR count).